The third-order valence-electron chi connectivity index (χ3n) is 4.40. The average Bonchev–Trinajstić information content (AvgIpc) is 2.86. The predicted molar refractivity (Wildman–Crippen MR) is 73.8 cm³/mol. The fraction of sp³-hybridized carbons (Fsp3) is 0.786. The van der Waals surface area contributed by atoms with Crippen LogP contribution in [-0.2, 0) is 6.54 Å². The van der Waals surface area contributed by atoms with E-state index < -0.39 is 0 Å². The molecule has 4 heteroatoms. The third kappa shape index (κ3) is 2.60. The standard InChI is InChI=1S/C14H22N2OS/c1-10(17)12-5-6-16(8-12)9-13-7-15-14(18-13)11-3-2-4-11/h7,10-12,17H,2-6,8-9H2,1H3. The molecule has 0 aromatic carbocycles. The largest absolute Gasteiger partial charge is 0.393 e. The van der Waals surface area contributed by atoms with Gasteiger partial charge in [-0.1, -0.05) is 6.42 Å². The zero-order valence-electron chi connectivity index (χ0n) is 11.0. The van der Waals surface area contributed by atoms with E-state index in [1.54, 1.807) is 0 Å². The first-order valence-electron chi connectivity index (χ1n) is 7.07. The van der Waals surface area contributed by atoms with Crippen molar-refractivity contribution in [3.05, 3.63) is 16.1 Å². The summed E-state index contributed by atoms with van der Waals surface area (Å²) in [7, 11) is 0. The van der Waals surface area contributed by atoms with Crippen LogP contribution in [-0.4, -0.2) is 34.2 Å². The number of aromatic nitrogens is 1. The number of rotatable bonds is 4. The smallest absolute Gasteiger partial charge is 0.0959 e. The van der Waals surface area contributed by atoms with Crippen molar-refractivity contribution in [2.75, 3.05) is 13.1 Å². The number of likely N-dealkylation sites (tertiary alicyclic amines) is 1. The van der Waals surface area contributed by atoms with E-state index in [1.165, 1.54) is 29.1 Å². The van der Waals surface area contributed by atoms with Gasteiger partial charge in [-0.05, 0) is 38.6 Å². The van der Waals surface area contributed by atoms with Crippen molar-refractivity contribution in [2.24, 2.45) is 5.92 Å². The topological polar surface area (TPSA) is 36.4 Å². The maximum Gasteiger partial charge on any atom is 0.0959 e. The molecule has 0 radical (unpaired) electrons. The summed E-state index contributed by atoms with van der Waals surface area (Å²) >= 11 is 1.90. The van der Waals surface area contributed by atoms with Gasteiger partial charge in [-0.15, -0.1) is 11.3 Å². The molecule has 2 unspecified atom stereocenters. The van der Waals surface area contributed by atoms with Gasteiger partial charge in [-0.2, -0.15) is 0 Å². The Labute approximate surface area is 113 Å². The van der Waals surface area contributed by atoms with E-state index in [0.29, 0.717) is 5.92 Å². The van der Waals surface area contributed by atoms with E-state index >= 15 is 0 Å². The van der Waals surface area contributed by atoms with Crippen molar-refractivity contribution in [3.8, 4) is 0 Å². The quantitative estimate of drug-likeness (QED) is 0.910. The van der Waals surface area contributed by atoms with E-state index in [0.717, 1.165) is 32.0 Å². The Morgan fingerprint density at radius 3 is 2.94 bits per heavy atom. The van der Waals surface area contributed by atoms with Gasteiger partial charge in [-0.3, -0.25) is 4.90 Å². The second-order valence-corrected chi connectivity index (χ2v) is 6.96. The highest BCUT2D eigenvalue weighted by atomic mass is 32.1. The Morgan fingerprint density at radius 2 is 2.33 bits per heavy atom. The van der Waals surface area contributed by atoms with Crippen LogP contribution < -0.4 is 0 Å². The number of aliphatic hydroxyl groups is 1. The van der Waals surface area contributed by atoms with Crippen LogP contribution in [0.4, 0.5) is 0 Å². The molecule has 1 saturated heterocycles. The van der Waals surface area contributed by atoms with E-state index in [1.807, 2.05) is 18.3 Å². The fourth-order valence-corrected chi connectivity index (χ4v) is 3.99. The van der Waals surface area contributed by atoms with Gasteiger partial charge in [0, 0.05) is 30.1 Å². The zero-order chi connectivity index (χ0) is 12.5. The molecule has 1 aromatic heterocycles. The highest BCUT2D eigenvalue weighted by Crippen LogP contribution is 2.38. The van der Waals surface area contributed by atoms with Gasteiger partial charge in [0.05, 0.1) is 11.1 Å². The Balaban J connectivity index is 1.55. The first kappa shape index (κ1) is 12.6. The van der Waals surface area contributed by atoms with Crippen LogP contribution >= 0.6 is 11.3 Å². The lowest BCUT2D eigenvalue weighted by molar-refractivity contribution is 0.127. The van der Waals surface area contributed by atoms with Crippen molar-refractivity contribution in [1.29, 1.82) is 0 Å². The third-order valence-corrected chi connectivity index (χ3v) is 5.54. The minimum Gasteiger partial charge on any atom is -0.393 e. The van der Waals surface area contributed by atoms with E-state index in [2.05, 4.69) is 16.1 Å². The second-order valence-electron chi connectivity index (χ2n) is 5.82. The summed E-state index contributed by atoms with van der Waals surface area (Å²) in [4.78, 5) is 8.42. The lowest BCUT2D eigenvalue weighted by Gasteiger charge is -2.22. The van der Waals surface area contributed by atoms with Gasteiger partial charge >= 0.3 is 0 Å². The summed E-state index contributed by atoms with van der Waals surface area (Å²) in [6.07, 6.45) is 7.07. The molecule has 1 saturated carbocycles. The van der Waals surface area contributed by atoms with Crippen LogP contribution in [0.2, 0.25) is 0 Å². The molecule has 3 rings (SSSR count). The summed E-state index contributed by atoms with van der Waals surface area (Å²) < 4.78 is 0. The predicted octanol–water partition coefficient (Wildman–Crippen LogP) is 2.61. The number of thiazole rings is 1. The van der Waals surface area contributed by atoms with Crippen molar-refractivity contribution in [3.63, 3.8) is 0 Å². The van der Waals surface area contributed by atoms with E-state index in [9.17, 15) is 5.11 Å². The van der Waals surface area contributed by atoms with Gasteiger partial charge in [0.25, 0.3) is 0 Å². The molecular formula is C14H22N2OS. The molecule has 2 aliphatic rings. The molecule has 1 N–H and O–H groups in total. The molecule has 0 amide bonds. The molecule has 18 heavy (non-hydrogen) atoms. The molecule has 1 aliphatic heterocycles. The van der Waals surface area contributed by atoms with Crippen LogP contribution in [0.15, 0.2) is 6.20 Å². The number of nitrogens with zero attached hydrogens (tertiary/aromatic N) is 2. The summed E-state index contributed by atoms with van der Waals surface area (Å²) in [5.74, 6) is 1.22. The zero-order valence-corrected chi connectivity index (χ0v) is 11.8. The minimum atomic E-state index is -0.165. The summed E-state index contributed by atoms with van der Waals surface area (Å²) in [5, 5.41) is 11.0. The Hall–Kier alpha value is -0.450. The van der Waals surface area contributed by atoms with Crippen LogP contribution in [0, 0.1) is 5.92 Å². The van der Waals surface area contributed by atoms with Crippen molar-refractivity contribution in [1.82, 2.24) is 9.88 Å². The molecule has 0 spiro atoms. The fourth-order valence-electron chi connectivity index (χ4n) is 2.86. The van der Waals surface area contributed by atoms with Gasteiger partial charge in [0.15, 0.2) is 0 Å². The molecule has 3 nitrogen and oxygen atoms in total. The molecule has 2 atom stereocenters. The first-order chi connectivity index (χ1) is 8.72. The van der Waals surface area contributed by atoms with Crippen LogP contribution in [0.3, 0.4) is 0 Å². The Bertz CT molecular complexity index is 400. The van der Waals surface area contributed by atoms with Gasteiger partial charge in [-0.25, -0.2) is 4.98 Å². The van der Waals surface area contributed by atoms with Crippen LogP contribution in [0.1, 0.15) is 48.4 Å². The molecule has 100 valence electrons. The molecular weight excluding hydrogens is 244 g/mol. The van der Waals surface area contributed by atoms with Crippen LogP contribution in [0.25, 0.3) is 0 Å². The van der Waals surface area contributed by atoms with Crippen LogP contribution in [0.5, 0.6) is 0 Å². The first-order valence-corrected chi connectivity index (χ1v) is 7.89. The number of hydrogen-bond acceptors (Lipinski definition) is 4. The molecule has 2 heterocycles. The maximum absolute atomic E-state index is 9.62. The van der Waals surface area contributed by atoms with E-state index in [4.69, 9.17) is 0 Å². The van der Waals surface area contributed by atoms with Gasteiger partial charge in [0.2, 0.25) is 0 Å². The number of aliphatic hydroxyl groups excluding tert-OH is 1. The van der Waals surface area contributed by atoms with Gasteiger partial charge in [0.1, 0.15) is 0 Å². The summed E-state index contributed by atoms with van der Waals surface area (Å²) in [6, 6.07) is 0. The van der Waals surface area contributed by atoms with Gasteiger partial charge < -0.3 is 5.11 Å². The molecule has 1 aromatic rings. The SMILES string of the molecule is CC(O)C1CCN(Cc2cnc(C3CCC3)s2)C1. The summed E-state index contributed by atoms with van der Waals surface area (Å²) in [5.41, 5.74) is 0. The van der Waals surface area contributed by atoms with Crippen molar-refractivity contribution in [2.45, 2.75) is 51.2 Å². The Morgan fingerprint density at radius 1 is 1.50 bits per heavy atom. The number of hydrogen-bond donors (Lipinski definition) is 1. The lowest BCUT2D eigenvalue weighted by atomic mass is 9.86. The lowest BCUT2D eigenvalue weighted by Crippen LogP contribution is -2.23. The molecule has 1 aliphatic carbocycles. The minimum absolute atomic E-state index is 0.165. The highest BCUT2D eigenvalue weighted by Gasteiger charge is 2.27. The Kier molecular flexibility index (Phi) is 3.68. The average molecular weight is 266 g/mol. The second kappa shape index (κ2) is 5.27. The van der Waals surface area contributed by atoms with Crippen molar-refractivity contribution < 1.29 is 5.11 Å². The van der Waals surface area contributed by atoms with E-state index in [-0.39, 0.29) is 6.10 Å². The molecule has 2 fully saturated rings. The normalized spacial score (nSPS) is 27.3. The van der Waals surface area contributed by atoms with Crippen molar-refractivity contribution >= 4 is 11.3 Å². The molecule has 0 bridgehead atoms. The maximum atomic E-state index is 9.62. The highest BCUT2D eigenvalue weighted by molar-refractivity contribution is 7.11. The monoisotopic (exact) mass is 266 g/mol. The summed E-state index contributed by atoms with van der Waals surface area (Å²) in [6.45, 7) is 5.09.